The zero-order valence-corrected chi connectivity index (χ0v) is 17.8. The molecule has 0 heterocycles. The number of carbonyl (C=O) groups excluding carboxylic acids is 1. The third-order valence-corrected chi connectivity index (χ3v) is 5.49. The van der Waals surface area contributed by atoms with Crippen molar-refractivity contribution in [1.82, 2.24) is 0 Å². The molecule has 0 spiro atoms. The molecule has 5 heteroatoms. The molecular weight excluding hydrogens is 356 g/mol. The van der Waals surface area contributed by atoms with Crippen molar-refractivity contribution in [1.29, 1.82) is 0 Å². The van der Waals surface area contributed by atoms with E-state index < -0.39 is 11.8 Å². The summed E-state index contributed by atoms with van der Waals surface area (Å²) in [4.78, 5) is 23.7. The van der Waals surface area contributed by atoms with E-state index in [9.17, 15) is 14.7 Å². The van der Waals surface area contributed by atoms with Gasteiger partial charge in [0.25, 0.3) is 5.79 Å². The van der Waals surface area contributed by atoms with Crippen molar-refractivity contribution < 1.29 is 24.2 Å². The van der Waals surface area contributed by atoms with Crippen molar-refractivity contribution in [2.45, 2.75) is 83.8 Å². The van der Waals surface area contributed by atoms with E-state index in [4.69, 9.17) is 9.47 Å². The van der Waals surface area contributed by atoms with Crippen LogP contribution < -0.4 is 0 Å². The fourth-order valence-corrected chi connectivity index (χ4v) is 3.79. The zero-order valence-electron chi connectivity index (χ0n) is 17.8. The molecular formula is C23H38O5. The number of aliphatic carboxylic acids is 1. The minimum absolute atomic E-state index is 0.0571. The van der Waals surface area contributed by atoms with Crippen LogP contribution in [0.2, 0.25) is 0 Å². The highest BCUT2D eigenvalue weighted by atomic mass is 16.7. The summed E-state index contributed by atoms with van der Waals surface area (Å²) in [5.41, 5.74) is 0. The van der Waals surface area contributed by atoms with E-state index in [1.807, 2.05) is 12.2 Å². The van der Waals surface area contributed by atoms with E-state index >= 15 is 0 Å². The number of carbonyl (C=O) groups is 2. The lowest BCUT2D eigenvalue weighted by Gasteiger charge is -2.26. The summed E-state index contributed by atoms with van der Waals surface area (Å²) in [5, 5.41) is 9.38. The standard InChI is InChI=1S/C23H38O5/c1-4-6-7-8-9-11-14-19-16-17-21(24)20(19)15-12-10-13-18-23(27-3,22(25)26)28-5-2/h10-12,14,19-20H,4-9,13,15-18H2,1-3H3,(H,25,26)/b12-10-,14-11+/t19-,20+,23?/m0/s1. The lowest BCUT2D eigenvalue weighted by Crippen LogP contribution is -2.43. The van der Waals surface area contributed by atoms with Gasteiger partial charge in [-0.2, -0.15) is 0 Å². The molecule has 0 aliphatic heterocycles. The minimum Gasteiger partial charge on any atom is -0.477 e. The fraction of sp³-hybridized carbons (Fsp3) is 0.739. The number of hydrogen-bond acceptors (Lipinski definition) is 4. The highest BCUT2D eigenvalue weighted by Crippen LogP contribution is 2.33. The molecule has 1 aliphatic rings. The average Bonchev–Trinajstić information content (AvgIpc) is 3.03. The quantitative estimate of drug-likeness (QED) is 0.232. The molecule has 1 unspecified atom stereocenters. The van der Waals surface area contributed by atoms with Crippen molar-refractivity contribution in [3.05, 3.63) is 24.3 Å². The van der Waals surface area contributed by atoms with Gasteiger partial charge in [0, 0.05) is 32.5 Å². The number of hydrogen-bond donors (Lipinski definition) is 1. The summed E-state index contributed by atoms with van der Waals surface area (Å²) in [6.45, 7) is 4.23. The summed E-state index contributed by atoms with van der Waals surface area (Å²) in [5.74, 6) is -1.96. The second-order valence-corrected chi connectivity index (χ2v) is 7.49. The first kappa shape index (κ1) is 24.6. The van der Waals surface area contributed by atoms with Crippen molar-refractivity contribution in [2.75, 3.05) is 13.7 Å². The molecule has 0 bridgehead atoms. The molecule has 5 nitrogen and oxygen atoms in total. The van der Waals surface area contributed by atoms with Gasteiger partial charge >= 0.3 is 5.97 Å². The second-order valence-electron chi connectivity index (χ2n) is 7.49. The van der Waals surface area contributed by atoms with Crippen LogP contribution in [0.25, 0.3) is 0 Å². The van der Waals surface area contributed by atoms with E-state index in [1.54, 1.807) is 6.92 Å². The maximum absolute atomic E-state index is 12.2. The SMILES string of the molecule is CCCCCC/C=C/[C@H]1CCC(=O)[C@@H]1C/C=C\CCC(OC)(OCC)C(=O)O. The van der Waals surface area contributed by atoms with Gasteiger partial charge in [0.15, 0.2) is 0 Å². The molecule has 0 aromatic heterocycles. The Morgan fingerprint density at radius 2 is 1.96 bits per heavy atom. The number of allylic oxidation sites excluding steroid dienone is 4. The van der Waals surface area contributed by atoms with Gasteiger partial charge < -0.3 is 14.6 Å². The van der Waals surface area contributed by atoms with Crippen LogP contribution in [0.15, 0.2) is 24.3 Å². The highest BCUT2D eigenvalue weighted by molar-refractivity contribution is 5.83. The van der Waals surface area contributed by atoms with Crippen LogP contribution in [0.1, 0.15) is 78.1 Å². The molecule has 0 aromatic rings. The van der Waals surface area contributed by atoms with Crippen LogP contribution in [-0.4, -0.2) is 36.4 Å². The Labute approximate surface area is 170 Å². The lowest BCUT2D eigenvalue weighted by atomic mass is 9.91. The molecule has 160 valence electrons. The van der Waals surface area contributed by atoms with Gasteiger partial charge in [-0.15, -0.1) is 0 Å². The summed E-state index contributed by atoms with van der Waals surface area (Å²) in [7, 11) is 1.35. The Balaban J connectivity index is 2.46. The molecule has 0 amide bonds. The van der Waals surface area contributed by atoms with Crippen LogP contribution in [0.4, 0.5) is 0 Å². The summed E-state index contributed by atoms with van der Waals surface area (Å²) in [6.07, 6.45) is 17.7. The van der Waals surface area contributed by atoms with Gasteiger partial charge in [-0.05, 0) is 44.9 Å². The van der Waals surface area contributed by atoms with Gasteiger partial charge in [0.05, 0.1) is 0 Å². The fourth-order valence-electron chi connectivity index (χ4n) is 3.79. The number of ether oxygens (including phenoxy) is 2. The zero-order chi connectivity index (χ0) is 20.8. The smallest absolute Gasteiger partial charge is 0.364 e. The van der Waals surface area contributed by atoms with Crippen molar-refractivity contribution in [2.24, 2.45) is 11.8 Å². The van der Waals surface area contributed by atoms with E-state index in [2.05, 4.69) is 19.1 Å². The van der Waals surface area contributed by atoms with Crippen molar-refractivity contribution in [3.8, 4) is 0 Å². The maximum atomic E-state index is 12.2. The van der Waals surface area contributed by atoms with Crippen LogP contribution in [0.3, 0.4) is 0 Å². The monoisotopic (exact) mass is 394 g/mol. The molecule has 0 radical (unpaired) electrons. The molecule has 1 saturated carbocycles. The highest BCUT2D eigenvalue weighted by Gasteiger charge is 2.39. The van der Waals surface area contributed by atoms with E-state index in [0.717, 1.165) is 12.8 Å². The second kappa shape index (κ2) is 13.7. The molecule has 1 N–H and O–H groups in total. The van der Waals surface area contributed by atoms with Crippen LogP contribution in [0.5, 0.6) is 0 Å². The summed E-state index contributed by atoms with van der Waals surface area (Å²) in [6, 6.07) is 0. The normalized spacial score (nSPS) is 22.3. The predicted octanol–water partition coefficient (Wildman–Crippen LogP) is 5.30. The summed E-state index contributed by atoms with van der Waals surface area (Å²) >= 11 is 0. The Bertz CT molecular complexity index is 525. The van der Waals surface area contributed by atoms with Gasteiger partial charge in [-0.3, -0.25) is 4.79 Å². The number of carboxylic acid groups (broad SMARTS) is 1. The molecule has 1 aliphatic carbocycles. The van der Waals surface area contributed by atoms with E-state index in [-0.39, 0.29) is 18.9 Å². The first-order valence-corrected chi connectivity index (χ1v) is 10.8. The Morgan fingerprint density at radius 3 is 2.61 bits per heavy atom. The van der Waals surface area contributed by atoms with Crippen LogP contribution in [-0.2, 0) is 19.1 Å². The van der Waals surface area contributed by atoms with Gasteiger partial charge in [-0.1, -0.05) is 50.5 Å². The number of rotatable bonds is 15. The first-order valence-electron chi connectivity index (χ1n) is 10.8. The van der Waals surface area contributed by atoms with E-state index in [1.165, 1.54) is 32.8 Å². The number of ketones is 1. The first-order chi connectivity index (χ1) is 13.5. The van der Waals surface area contributed by atoms with Gasteiger partial charge in [0.2, 0.25) is 0 Å². The molecule has 0 saturated heterocycles. The van der Waals surface area contributed by atoms with Crippen molar-refractivity contribution in [3.63, 3.8) is 0 Å². The molecule has 0 aromatic carbocycles. The molecule has 3 atom stereocenters. The molecule has 28 heavy (non-hydrogen) atoms. The summed E-state index contributed by atoms with van der Waals surface area (Å²) < 4.78 is 10.4. The van der Waals surface area contributed by atoms with Crippen LogP contribution in [0, 0.1) is 11.8 Å². The third-order valence-electron chi connectivity index (χ3n) is 5.49. The number of unbranched alkanes of at least 4 members (excludes halogenated alkanes) is 4. The number of carboxylic acids is 1. The Hall–Kier alpha value is -1.46. The topological polar surface area (TPSA) is 72.8 Å². The molecule has 1 fully saturated rings. The Morgan fingerprint density at radius 1 is 1.18 bits per heavy atom. The predicted molar refractivity (Wildman–Crippen MR) is 111 cm³/mol. The van der Waals surface area contributed by atoms with Crippen LogP contribution >= 0.6 is 0 Å². The average molecular weight is 395 g/mol. The largest absolute Gasteiger partial charge is 0.477 e. The number of methoxy groups -OCH3 is 1. The molecule has 1 rings (SSSR count). The number of Topliss-reactive ketones (excluding diaryl/α,β-unsaturated/α-hetero) is 1. The third kappa shape index (κ3) is 7.88. The van der Waals surface area contributed by atoms with E-state index in [0.29, 0.717) is 31.0 Å². The maximum Gasteiger partial charge on any atom is 0.364 e. The van der Waals surface area contributed by atoms with Gasteiger partial charge in [0.1, 0.15) is 5.78 Å². The van der Waals surface area contributed by atoms with Crippen molar-refractivity contribution >= 4 is 11.8 Å². The lowest BCUT2D eigenvalue weighted by molar-refractivity contribution is -0.235. The van der Waals surface area contributed by atoms with Gasteiger partial charge in [-0.25, -0.2) is 4.79 Å². The Kier molecular flexibility index (Phi) is 12.0. The minimum atomic E-state index is -1.59.